The number of ether oxygens (including phenoxy) is 1. The van der Waals surface area contributed by atoms with Gasteiger partial charge in [-0.15, -0.1) is 0 Å². The zero-order chi connectivity index (χ0) is 14.6. The second-order valence-corrected chi connectivity index (χ2v) is 6.34. The minimum atomic E-state index is 0.285. The fraction of sp³-hybridized carbons (Fsp3) is 0.667. The Morgan fingerprint density at radius 1 is 1.30 bits per heavy atom. The Hall–Kier alpha value is -1.02. The van der Waals surface area contributed by atoms with Crippen LogP contribution in [0, 0.1) is 12.8 Å². The summed E-state index contributed by atoms with van der Waals surface area (Å²) in [4.78, 5) is 0. The lowest BCUT2D eigenvalue weighted by Gasteiger charge is -2.49. The average Bonchev–Trinajstić information content (AvgIpc) is 2.41. The Balaban J connectivity index is 2.25. The van der Waals surface area contributed by atoms with Gasteiger partial charge in [0.2, 0.25) is 0 Å². The van der Waals surface area contributed by atoms with Crippen molar-refractivity contribution in [2.45, 2.75) is 51.9 Å². The molecule has 0 unspecified atom stereocenters. The van der Waals surface area contributed by atoms with E-state index in [1.807, 2.05) is 0 Å². The zero-order valence-electron chi connectivity index (χ0n) is 13.5. The molecule has 0 saturated heterocycles. The van der Waals surface area contributed by atoms with E-state index in [1.165, 1.54) is 36.8 Å². The van der Waals surface area contributed by atoms with E-state index in [0.717, 1.165) is 24.8 Å². The van der Waals surface area contributed by atoms with Crippen LogP contribution >= 0.6 is 0 Å². The van der Waals surface area contributed by atoms with Crippen molar-refractivity contribution in [3.63, 3.8) is 0 Å². The molecule has 112 valence electrons. The summed E-state index contributed by atoms with van der Waals surface area (Å²) in [6.45, 7) is 8.89. The van der Waals surface area contributed by atoms with E-state index in [0.29, 0.717) is 0 Å². The molecule has 1 aliphatic carbocycles. The van der Waals surface area contributed by atoms with Crippen molar-refractivity contribution in [1.29, 1.82) is 0 Å². The van der Waals surface area contributed by atoms with E-state index >= 15 is 0 Å². The number of hydrogen-bond acceptors (Lipinski definition) is 2. The van der Waals surface area contributed by atoms with Gasteiger partial charge in [-0.05, 0) is 44.7 Å². The predicted molar refractivity (Wildman–Crippen MR) is 85.6 cm³/mol. The molecule has 1 fully saturated rings. The van der Waals surface area contributed by atoms with E-state index < -0.39 is 0 Å². The minimum Gasteiger partial charge on any atom is -0.496 e. The highest BCUT2D eigenvalue weighted by atomic mass is 16.5. The summed E-state index contributed by atoms with van der Waals surface area (Å²) in [5, 5.41) is 3.64. The van der Waals surface area contributed by atoms with Gasteiger partial charge in [0.15, 0.2) is 0 Å². The maximum Gasteiger partial charge on any atom is 0.122 e. The van der Waals surface area contributed by atoms with Gasteiger partial charge in [0.05, 0.1) is 7.11 Å². The minimum absolute atomic E-state index is 0.285. The molecule has 1 aromatic rings. The van der Waals surface area contributed by atoms with Crippen LogP contribution in [-0.2, 0) is 5.41 Å². The molecule has 2 heteroatoms. The SMILES string of the molecule is CCCNCC1(c2cc(C)ccc2OC)CC(CC)C1. The molecule has 1 saturated carbocycles. The van der Waals surface area contributed by atoms with Crippen molar-refractivity contribution in [1.82, 2.24) is 5.32 Å². The maximum atomic E-state index is 5.63. The van der Waals surface area contributed by atoms with Crippen LogP contribution in [0.25, 0.3) is 0 Å². The molecule has 0 amide bonds. The fourth-order valence-electron chi connectivity index (χ4n) is 3.53. The molecule has 0 bridgehead atoms. The monoisotopic (exact) mass is 275 g/mol. The van der Waals surface area contributed by atoms with E-state index in [-0.39, 0.29) is 5.41 Å². The smallest absolute Gasteiger partial charge is 0.122 e. The first-order valence-electron chi connectivity index (χ1n) is 8.01. The number of nitrogens with one attached hydrogen (secondary N) is 1. The van der Waals surface area contributed by atoms with Gasteiger partial charge in [0, 0.05) is 17.5 Å². The highest BCUT2D eigenvalue weighted by Crippen LogP contribution is 2.51. The molecule has 0 atom stereocenters. The van der Waals surface area contributed by atoms with Crippen molar-refractivity contribution < 1.29 is 4.74 Å². The van der Waals surface area contributed by atoms with Crippen LogP contribution in [0.1, 0.15) is 50.7 Å². The van der Waals surface area contributed by atoms with Crippen LogP contribution in [0.3, 0.4) is 0 Å². The molecule has 2 rings (SSSR count). The first-order valence-corrected chi connectivity index (χ1v) is 8.01. The molecule has 0 heterocycles. The summed E-state index contributed by atoms with van der Waals surface area (Å²) in [7, 11) is 1.79. The van der Waals surface area contributed by atoms with Crippen LogP contribution in [0.4, 0.5) is 0 Å². The maximum absolute atomic E-state index is 5.63. The van der Waals surface area contributed by atoms with Gasteiger partial charge in [-0.2, -0.15) is 0 Å². The lowest BCUT2D eigenvalue weighted by molar-refractivity contribution is 0.130. The summed E-state index contributed by atoms with van der Waals surface area (Å²) in [6.07, 6.45) is 5.07. The summed E-state index contributed by atoms with van der Waals surface area (Å²) in [5.41, 5.74) is 3.02. The Morgan fingerprint density at radius 3 is 2.65 bits per heavy atom. The largest absolute Gasteiger partial charge is 0.496 e. The Morgan fingerprint density at radius 2 is 2.05 bits per heavy atom. The van der Waals surface area contributed by atoms with Crippen LogP contribution in [-0.4, -0.2) is 20.2 Å². The Labute approximate surface area is 123 Å². The first-order chi connectivity index (χ1) is 9.65. The molecule has 0 aromatic heterocycles. The lowest BCUT2D eigenvalue weighted by atomic mass is 9.57. The normalized spacial score (nSPS) is 25.3. The van der Waals surface area contributed by atoms with Gasteiger partial charge in [-0.1, -0.05) is 38.0 Å². The number of rotatable bonds is 7. The molecule has 20 heavy (non-hydrogen) atoms. The second-order valence-electron chi connectivity index (χ2n) is 6.34. The third kappa shape index (κ3) is 3.01. The van der Waals surface area contributed by atoms with E-state index in [2.05, 4.69) is 44.3 Å². The van der Waals surface area contributed by atoms with E-state index in [9.17, 15) is 0 Å². The first kappa shape index (κ1) is 15.4. The topological polar surface area (TPSA) is 21.3 Å². The van der Waals surface area contributed by atoms with Crippen LogP contribution in [0.2, 0.25) is 0 Å². The van der Waals surface area contributed by atoms with Crippen molar-refractivity contribution >= 4 is 0 Å². The van der Waals surface area contributed by atoms with Crippen molar-refractivity contribution in [2.24, 2.45) is 5.92 Å². The van der Waals surface area contributed by atoms with Crippen molar-refractivity contribution in [2.75, 3.05) is 20.2 Å². The van der Waals surface area contributed by atoms with Gasteiger partial charge >= 0.3 is 0 Å². The zero-order valence-corrected chi connectivity index (χ0v) is 13.5. The molecular weight excluding hydrogens is 246 g/mol. The van der Waals surface area contributed by atoms with Crippen LogP contribution < -0.4 is 10.1 Å². The highest BCUT2D eigenvalue weighted by molar-refractivity contribution is 5.44. The molecule has 0 aliphatic heterocycles. The molecule has 0 spiro atoms. The molecule has 1 N–H and O–H groups in total. The van der Waals surface area contributed by atoms with Gasteiger partial charge in [-0.25, -0.2) is 0 Å². The average molecular weight is 275 g/mol. The number of aryl methyl sites for hydroxylation is 1. The van der Waals surface area contributed by atoms with Crippen LogP contribution in [0.5, 0.6) is 5.75 Å². The van der Waals surface area contributed by atoms with Gasteiger partial charge < -0.3 is 10.1 Å². The molecule has 0 radical (unpaired) electrons. The third-order valence-corrected chi connectivity index (χ3v) is 4.75. The Bertz CT molecular complexity index is 435. The standard InChI is InChI=1S/C18H29NO/c1-5-9-19-13-18(11-15(6-2)12-18)16-10-14(3)7-8-17(16)20-4/h7-8,10,15,19H,5-6,9,11-13H2,1-4H3. The quantitative estimate of drug-likeness (QED) is 0.758. The van der Waals surface area contributed by atoms with Gasteiger partial charge in [0.1, 0.15) is 5.75 Å². The lowest BCUT2D eigenvalue weighted by Crippen LogP contribution is -2.48. The van der Waals surface area contributed by atoms with Gasteiger partial charge in [0.25, 0.3) is 0 Å². The summed E-state index contributed by atoms with van der Waals surface area (Å²) < 4.78 is 5.63. The molecule has 2 nitrogen and oxygen atoms in total. The van der Waals surface area contributed by atoms with Crippen molar-refractivity contribution in [3.8, 4) is 5.75 Å². The summed E-state index contributed by atoms with van der Waals surface area (Å²) in [5.74, 6) is 1.94. The second kappa shape index (κ2) is 6.62. The summed E-state index contributed by atoms with van der Waals surface area (Å²) in [6, 6.07) is 6.61. The number of benzene rings is 1. The van der Waals surface area contributed by atoms with Gasteiger partial charge in [-0.3, -0.25) is 0 Å². The summed E-state index contributed by atoms with van der Waals surface area (Å²) >= 11 is 0. The third-order valence-electron chi connectivity index (χ3n) is 4.75. The van der Waals surface area contributed by atoms with Crippen LogP contribution in [0.15, 0.2) is 18.2 Å². The Kier molecular flexibility index (Phi) is 5.09. The number of hydrogen-bond donors (Lipinski definition) is 1. The molecule has 1 aromatic carbocycles. The van der Waals surface area contributed by atoms with Crippen molar-refractivity contribution in [3.05, 3.63) is 29.3 Å². The van der Waals surface area contributed by atoms with E-state index in [4.69, 9.17) is 4.74 Å². The highest BCUT2D eigenvalue weighted by Gasteiger charge is 2.45. The van der Waals surface area contributed by atoms with E-state index in [1.54, 1.807) is 7.11 Å². The molecule has 1 aliphatic rings. The number of methoxy groups -OCH3 is 1. The predicted octanol–water partition coefficient (Wildman–Crippen LogP) is 4.06. The fourth-order valence-corrected chi connectivity index (χ4v) is 3.53. The molecular formula is C18H29NO.